The maximum absolute atomic E-state index is 9.93. The Balaban J connectivity index is 0.000000246. The molecule has 0 saturated heterocycles. The van der Waals surface area contributed by atoms with Crippen LogP contribution in [0.2, 0.25) is 0 Å². The molecule has 0 amide bonds. The predicted molar refractivity (Wildman–Crippen MR) is 53.8 cm³/mol. The molecular formula is C8H14BrNaO3S. The Labute approximate surface area is 116 Å². The van der Waals surface area contributed by atoms with Crippen LogP contribution in [0.1, 0.15) is 25.7 Å². The maximum atomic E-state index is 9.93. The summed E-state index contributed by atoms with van der Waals surface area (Å²) in [5.74, 6) is 1.10. The van der Waals surface area contributed by atoms with Gasteiger partial charge in [-0.2, -0.15) is 0 Å². The summed E-state index contributed by atoms with van der Waals surface area (Å²) in [6.45, 7) is 0. The smallest absolute Gasteiger partial charge is 0.748 e. The van der Waals surface area contributed by atoms with Gasteiger partial charge < -0.3 is 4.55 Å². The Hall–Kier alpha value is 1.39. The largest absolute Gasteiger partial charge is 1.00 e. The number of hydrogen-bond acceptors (Lipinski definition) is 3. The van der Waals surface area contributed by atoms with Gasteiger partial charge in [-0.3, -0.25) is 0 Å². The van der Waals surface area contributed by atoms with Gasteiger partial charge in [0.1, 0.15) is 0 Å². The van der Waals surface area contributed by atoms with Gasteiger partial charge >= 0.3 is 29.6 Å². The van der Waals surface area contributed by atoms with Crippen LogP contribution in [0.4, 0.5) is 0 Å². The molecule has 14 heavy (non-hydrogen) atoms. The molecule has 6 heteroatoms. The fourth-order valence-electron chi connectivity index (χ4n) is 0.845. The number of hydrogen-bond donors (Lipinski definition) is 0. The first-order valence-corrected chi connectivity index (χ1v) is 7.20. The number of alkyl halides is 1. The quantitative estimate of drug-likeness (QED) is 0.371. The first-order valence-electron chi connectivity index (χ1n) is 4.51. The van der Waals surface area contributed by atoms with Gasteiger partial charge in [0.2, 0.25) is 0 Å². The molecule has 2 rings (SSSR count). The van der Waals surface area contributed by atoms with Crippen molar-refractivity contribution < 1.29 is 42.5 Å². The second kappa shape index (κ2) is 6.86. The van der Waals surface area contributed by atoms with E-state index >= 15 is 0 Å². The van der Waals surface area contributed by atoms with Crippen LogP contribution in [0.5, 0.6) is 0 Å². The van der Waals surface area contributed by atoms with Crippen LogP contribution in [-0.4, -0.2) is 24.1 Å². The van der Waals surface area contributed by atoms with Crippen molar-refractivity contribution in [3.05, 3.63) is 0 Å². The van der Waals surface area contributed by atoms with Gasteiger partial charge in [0.05, 0.1) is 10.1 Å². The maximum Gasteiger partial charge on any atom is 1.00 e. The van der Waals surface area contributed by atoms with Gasteiger partial charge in [0, 0.05) is 11.1 Å². The van der Waals surface area contributed by atoms with Gasteiger partial charge in [0.15, 0.2) is 0 Å². The second-order valence-electron chi connectivity index (χ2n) is 3.77. The van der Waals surface area contributed by atoms with Crippen LogP contribution in [0.25, 0.3) is 0 Å². The van der Waals surface area contributed by atoms with Crippen LogP contribution in [0.3, 0.4) is 0 Å². The van der Waals surface area contributed by atoms with E-state index in [1.54, 1.807) is 0 Å². The van der Waals surface area contributed by atoms with Gasteiger partial charge in [-0.05, 0) is 37.5 Å². The summed E-state index contributed by atoms with van der Waals surface area (Å²) in [4.78, 5) is 0. The number of halogens is 1. The molecule has 2 fully saturated rings. The fourth-order valence-corrected chi connectivity index (χ4v) is 2.40. The minimum absolute atomic E-state index is 0. The first kappa shape index (κ1) is 15.4. The van der Waals surface area contributed by atoms with E-state index in [9.17, 15) is 13.0 Å². The average Bonchev–Trinajstić information content (AvgIpc) is 2.80. The fraction of sp³-hybridized carbons (Fsp3) is 1.00. The molecule has 0 bridgehead atoms. The monoisotopic (exact) mass is 292 g/mol. The van der Waals surface area contributed by atoms with E-state index < -0.39 is 10.1 Å². The normalized spacial score (nSPS) is 20.4. The van der Waals surface area contributed by atoms with Crippen molar-refractivity contribution in [1.82, 2.24) is 0 Å². The Morgan fingerprint density at radius 1 is 1.14 bits per heavy atom. The Kier molecular flexibility index (Phi) is 7.54. The second-order valence-corrected chi connectivity index (χ2v) is 5.86. The molecule has 3 nitrogen and oxygen atoms in total. The van der Waals surface area contributed by atoms with Crippen molar-refractivity contribution in [2.24, 2.45) is 11.8 Å². The minimum atomic E-state index is -3.91. The summed E-state index contributed by atoms with van der Waals surface area (Å²) in [7, 11) is -3.91. The minimum Gasteiger partial charge on any atom is -0.748 e. The molecule has 0 aliphatic heterocycles. The van der Waals surface area contributed by atoms with E-state index in [0.717, 1.165) is 18.8 Å². The van der Waals surface area contributed by atoms with E-state index in [-0.39, 0.29) is 41.2 Å². The summed E-state index contributed by atoms with van der Waals surface area (Å²) in [5, 5.41) is 1.23. The topological polar surface area (TPSA) is 57.2 Å². The summed E-state index contributed by atoms with van der Waals surface area (Å²) < 4.78 is 29.8. The molecule has 2 aliphatic rings. The van der Waals surface area contributed by atoms with Gasteiger partial charge in [-0.25, -0.2) is 8.42 Å². The molecule has 0 aromatic heterocycles. The third kappa shape index (κ3) is 9.93. The van der Waals surface area contributed by atoms with E-state index in [4.69, 9.17) is 0 Å². The predicted octanol–water partition coefficient (Wildman–Crippen LogP) is -1.26. The Morgan fingerprint density at radius 2 is 1.57 bits per heavy atom. The van der Waals surface area contributed by atoms with Crippen molar-refractivity contribution in [3.8, 4) is 0 Å². The first-order chi connectivity index (χ1) is 6.01. The van der Waals surface area contributed by atoms with Crippen molar-refractivity contribution >= 4 is 26.0 Å². The molecular weight excluding hydrogens is 279 g/mol. The Bertz CT molecular complexity index is 247. The van der Waals surface area contributed by atoms with Crippen LogP contribution in [-0.2, 0) is 10.1 Å². The summed E-state index contributed by atoms with van der Waals surface area (Å²) >= 11 is 3.38. The molecule has 78 valence electrons. The zero-order valence-corrected chi connectivity index (χ0v) is 12.8. The molecule has 2 saturated carbocycles. The molecule has 0 N–H and O–H groups in total. The average molecular weight is 293 g/mol. The molecule has 0 aromatic rings. The zero-order chi connectivity index (χ0) is 9.90. The number of rotatable bonds is 3. The SMILES string of the molecule is BrCC1CC1.O=S(=O)([O-])CC1CC1.[Na+]. The standard InChI is InChI=1S/C4H7Br.C4H8O3S.Na/c5-3-4-1-2-4;5-8(6,7)3-4-1-2-4;/h4H,1-3H2;4H,1-3H2,(H,5,6,7);/q;;+1/p-1. The van der Waals surface area contributed by atoms with E-state index in [2.05, 4.69) is 15.9 Å². The van der Waals surface area contributed by atoms with Crippen molar-refractivity contribution in [2.75, 3.05) is 11.1 Å². The van der Waals surface area contributed by atoms with E-state index in [0.29, 0.717) is 0 Å². The van der Waals surface area contributed by atoms with Crippen LogP contribution in [0.15, 0.2) is 0 Å². The third-order valence-electron chi connectivity index (χ3n) is 2.05. The van der Waals surface area contributed by atoms with Gasteiger partial charge in [-0.1, -0.05) is 15.9 Å². The van der Waals surface area contributed by atoms with Crippen molar-refractivity contribution in [3.63, 3.8) is 0 Å². The molecule has 2 aliphatic carbocycles. The zero-order valence-electron chi connectivity index (χ0n) is 8.41. The summed E-state index contributed by atoms with van der Waals surface area (Å²) in [6.07, 6.45) is 4.76. The summed E-state index contributed by atoms with van der Waals surface area (Å²) in [6, 6.07) is 0. The van der Waals surface area contributed by atoms with Crippen molar-refractivity contribution in [1.29, 1.82) is 0 Å². The van der Waals surface area contributed by atoms with Gasteiger partial charge in [-0.15, -0.1) is 0 Å². The molecule has 0 unspecified atom stereocenters. The molecule has 0 heterocycles. The molecule has 0 atom stereocenters. The third-order valence-corrected chi connectivity index (χ3v) is 3.85. The Morgan fingerprint density at radius 3 is 1.64 bits per heavy atom. The van der Waals surface area contributed by atoms with Crippen LogP contribution < -0.4 is 29.6 Å². The summed E-state index contributed by atoms with van der Waals surface area (Å²) in [5.41, 5.74) is 0. The van der Waals surface area contributed by atoms with Crippen molar-refractivity contribution in [2.45, 2.75) is 25.7 Å². The van der Waals surface area contributed by atoms with E-state index in [1.165, 1.54) is 18.2 Å². The van der Waals surface area contributed by atoms with Crippen LogP contribution in [0, 0.1) is 11.8 Å². The molecule has 0 spiro atoms. The van der Waals surface area contributed by atoms with Crippen LogP contribution >= 0.6 is 15.9 Å². The molecule has 0 radical (unpaired) electrons. The molecule has 0 aromatic carbocycles. The van der Waals surface area contributed by atoms with Gasteiger partial charge in [0.25, 0.3) is 0 Å². The van der Waals surface area contributed by atoms with E-state index in [1.807, 2.05) is 0 Å².